The molecule has 0 amide bonds. The second-order valence-corrected chi connectivity index (χ2v) is 9.03. The summed E-state index contributed by atoms with van der Waals surface area (Å²) in [5.41, 5.74) is -2.00. The standard InChI is InChI=1S/C40H26/c1-2-11-27(12-3-1)31-23-24-37-38(26-31)40(34-20-10-16-29-14-6-7-17-33(29)34)36-19-9-8-18-35(36)39(37)32-22-21-28-13-4-5-15-30(28)25-32/h1-26H/i1D,2D,3D,4D,5D,8D,9D,11D,12D,13D,15D,18D,19D,21D,22D,23D,24D,25D,26D. The Morgan fingerprint density at radius 3 is 1.90 bits per heavy atom. The minimum Gasteiger partial charge on any atom is -0.0622 e. The number of hydrogen-bond donors (Lipinski definition) is 0. The number of hydrogen-bond acceptors (Lipinski definition) is 0. The van der Waals surface area contributed by atoms with Crippen LogP contribution in [-0.4, -0.2) is 0 Å². The van der Waals surface area contributed by atoms with Gasteiger partial charge in [0.2, 0.25) is 0 Å². The molecule has 8 aromatic carbocycles. The van der Waals surface area contributed by atoms with Gasteiger partial charge in [-0.2, -0.15) is 0 Å². The van der Waals surface area contributed by atoms with Crippen LogP contribution in [0, 0.1) is 0 Å². The second kappa shape index (κ2) is 9.22. The SMILES string of the molecule is [2H]c1c([2H])c([2H])c(-c2c([2H])c([2H])c3c(-c4c([2H])c([2H])c5c([2H])c([2H])c([2H])c([2H])c5c4[2H])c4c([2H])c([2H])c([2H])c([2H])c4c(-c4cccc5ccccc45)c3c2[2H])c([2H])c1[2H]. The minimum absolute atomic E-state index is 0.0680. The molecule has 0 atom stereocenters. The van der Waals surface area contributed by atoms with Crippen molar-refractivity contribution in [3.05, 3.63) is 157 Å². The van der Waals surface area contributed by atoms with Crippen molar-refractivity contribution in [1.82, 2.24) is 0 Å². The molecule has 0 heterocycles. The summed E-state index contributed by atoms with van der Waals surface area (Å²) in [6.45, 7) is 0. The molecular weight excluding hydrogens is 480 g/mol. The van der Waals surface area contributed by atoms with E-state index in [2.05, 4.69) is 0 Å². The Balaban J connectivity index is 1.79. The molecule has 8 rings (SSSR count). The first-order valence-corrected chi connectivity index (χ1v) is 12.3. The zero-order valence-electron chi connectivity index (χ0n) is 39.5. The van der Waals surface area contributed by atoms with E-state index in [4.69, 9.17) is 16.4 Å². The lowest BCUT2D eigenvalue weighted by molar-refractivity contribution is 1.64. The molecule has 0 spiro atoms. The number of fused-ring (bicyclic) bond motifs is 4. The van der Waals surface area contributed by atoms with Gasteiger partial charge in [-0.3, -0.25) is 0 Å². The fourth-order valence-corrected chi connectivity index (χ4v) is 5.09. The largest absolute Gasteiger partial charge is 0.0636 e. The van der Waals surface area contributed by atoms with Gasteiger partial charge in [-0.15, -0.1) is 0 Å². The summed E-state index contributed by atoms with van der Waals surface area (Å²) in [5.74, 6) is 0. The van der Waals surface area contributed by atoms with Crippen molar-refractivity contribution < 1.29 is 26.0 Å². The predicted octanol–water partition coefficient (Wildman–Crippen LogP) is 11.3. The van der Waals surface area contributed by atoms with Crippen LogP contribution in [-0.2, 0) is 0 Å². The molecule has 0 aliphatic heterocycles. The predicted molar refractivity (Wildman–Crippen MR) is 173 cm³/mol. The molecule has 0 aliphatic carbocycles. The third-order valence-electron chi connectivity index (χ3n) is 6.81. The van der Waals surface area contributed by atoms with Gasteiger partial charge in [0.15, 0.2) is 0 Å². The van der Waals surface area contributed by atoms with Crippen molar-refractivity contribution in [2.75, 3.05) is 0 Å². The smallest absolute Gasteiger partial charge is 0.0622 e. The highest BCUT2D eigenvalue weighted by Crippen LogP contribution is 2.46. The number of benzene rings is 8. The first-order chi connectivity index (χ1) is 27.8. The Kier molecular flexibility index (Phi) is 2.48. The van der Waals surface area contributed by atoms with Crippen molar-refractivity contribution in [1.29, 1.82) is 0 Å². The van der Waals surface area contributed by atoms with E-state index in [0.29, 0.717) is 10.8 Å². The first kappa shape index (κ1) is 10.8. The van der Waals surface area contributed by atoms with E-state index in [0.717, 1.165) is 0 Å². The average Bonchev–Trinajstić information content (AvgIpc) is 3.22. The summed E-state index contributed by atoms with van der Waals surface area (Å²) in [6.07, 6.45) is 0. The van der Waals surface area contributed by atoms with Crippen LogP contribution in [0.4, 0.5) is 0 Å². The highest BCUT2D eigenvalue weighted by atomic mass is 14.2. The minimum atomic E-state index is -0.835. The second-order valence-electron chi connectivity index (χ2n) is 9.03. The Hall–Kier alpha value is -5.20. The van der Waals surface area contributed by atoms with Crippen molar-refractivity contribution >= 4 is 43.1 Å². The summed E-state index contributed by atoms with van der Waals surface area (Å²) < 4.78 is 169. The number of rotatable bonds is 3. The van der Waals surface area contributed by atoms with Crippen molar-refractivity contribution in [3.63, 3.8) is 0 Å². The van der Waals surface area contributed by atoms with Gasteiger partial charge in [0, 0.05) is 0 Å². The Labute approximate surface area is 260 Å². The van der Waals surface area contributed by atoms with E-state index in [9.17, 15) is 9.60 Å². The third kappa shape index (κ3) is 3.61. The normalized spacial score (nSPS) is 18.1. The van der Waals surface area contributed by atoms with Crippen LogP contribution in [0.1, 0.15) is 26.0 Å². The highest BCUT2D eigenvalue weighted by Gasteiger charge is 2.19. The Morgan fingerprint density at radius 1 is 0.350 bits per heavy atom. The highest BCUT2D eigenvalue weighted by molar-refractivity contribution is 6.24. The molecule has 0 unspecified atom stereocenters. The summed E-state index contributed by atoms with van der Waals surface area (Å²) >= 11 is 0. The van der Waals surface area contributed by atoms with Crippen LogP contribution in [0.25, 0.3) is 76.5 Å². The van der Waals surface area contributed by atoms with Gasteiger partial charge in [-0.05, 0) is 88.6 Å². The van der Waals surface area contributed by atoms with E-state index in [1.54, 1.807) is 42.5 Å². The molecule has 0 heteroatoms. The van der Waals surface area contributed by atoms with Crippen LogP contribution in [0.3, 0.4) is 0 Å². The van der Waals surface area contributed by atoms with Gasteiger partial charge in [-0.1, -0.05) is 145 Å². The van der Waals surface area contributed by atoms with E-state index >= 15 is 0 Å². The quantitative estimate of drug-likeness (QED) is 0.201. The van der Waals surface area contributed by atoms with Crippen molar-refractivity contribution in [2.24, 2.45) is 0 Å². The van der Waals surface area contributed by atoms with E-state index in [1.165, 1.54) is 0 Å². The molecular formula is C40H26. The lowest BCUT2D eigenvalue weighted by Crippen LogP contribution is -1.92. The molecule has 0 fully saturated rings. The van der Waals surface area contributed by atoms with Crippen molar-refractivity contribution in [3.8, 4) is 33.4 Å². The van der Waals surface area contributed by atoms with Gasteiger partial charge < -0.3 is 0 Å². The molecule has 0 aromatic heterocycles. The van der Waals surface area contributed by atoms with E-state index in [1.807, 2.05) is 0 Å². The molecule has 0 saturated carbocycles. The molecule has 8 aromatic rings. The average molecular weight is 526 g/mol. The fourth-order valence-electron chi connectivity index (χ4n) is 5.09. The van der Waals surface area contributed by atoms with Crippen LogP contribution < -0.4 is 0 Å². The summed E-state index contributed by atoms with van der Waals surface area (Å²) in [6, 6.07) is -2.29. The zero-order valence-corrected chi connectivity index (χ0v) is 20.5. The summed E-state index contributed by atoms with van der Waals surface area (Å²) in [5, 5.41) is -1.16. The first-order valence-electron chi connectivity index (χ1n) is 21.8. The molecule has 186 valence electrons. The maximum Gasteiger partial charge on any atom is 0.0636 e. The molecule has 0 bridgehead atoms. The van der Waals surface area contributed by atoms with Crippen LogP contribution in [0.15, 0.2) is 157 Å². The van der Waals surface area contributed by atoms with E-state index in [-0.39, 0.29) is 27.3 Å². The molecule has 0 radical (unpaired) electrons. The van der Waals surface area contributed by atoms with Crippen molar-refractivity contribution in [2.45, 2.75) is 0 Å². The maximum absolute atomic E-state index is 9.89. The third-order valence-corrected chi connectivity index (χ3v) is 6.81. The lowest BCUT2D eigenvalue weighted by atomic mass is 9.83. The molecule has 0 saturated heterocycles. The van der Waals surface area contributed by atoms with Gasteiger partial charge in [0.1, 0.15) is 0 Å². The molecule has 40 heavy (non-hydrogen) atoms. The monoisotopic (exact) mass is 525 g/mol. The van der Waals surface area contributed by atoms with Gasteiger partial charge in [0.05, 0.1) is 26.0 Å². The van der Waals surface area contributed by atoms with Crippen LogP contribution >= 0.6 is 0 Å². The maximum atomic E-state index is 9.89. The van der Waals surface area contributed by atoms with Gasteiger partial charge in [0.25, 0.3) is 0 Å². The summed E-state index contributed by atoms with van der Waals surface area (Å²) in [4.78, 5) is 0. The summed E-state index contributed by atoms with van der Waals surface area (Å²) in [7, 11) is 0. The van der Waals surface area contributed by atoms with Gasteiger partial charge >= 0.3 is 0 Å². The fraction of sp³-hybridized carbons (Fsp3) is 0. The van der Waals surface area contributed by atoms with Gasteiger partial charge in [-0.25, -0.2) is 0 Å². The van der Waals surface area contributed by atoms with E-state index < -0.39 is 153 Å². The lowest BCUT2D eigenvalue weighted by Gasteiger charge is -2.20. The Morgan fingerprint density at radius 2 is 1.02 bits per heavy atom. The Bertz CT molecular complexity index is 3230. The van der Waals surface area contributed by atoms with Crippen LogP contribution in [0.5, 0.6) is 0 Å². The van der Waals surface area contributed by atoms with Crippen LogP contribution in [0.2, 0.25) is 0 Å². The molecule has 0 nitrogen and oxygen atoms in total. The topological polar surface area (TPSA) is 0 Å². The zero-order chi connectivity index (χ0) is 43.0. The molecule has 0 N–H and O–H groups in total. The molecule has 0 aliphatic rings.